The van der Waals surface area contributed by atoms with Gasteiger partial charge in [-0.1, -0.05) is 11.6 Å². The summed E-state index contributed by atoms with van der Waals surface area (Å²) in [4.78, 5) is 12.2. The minimum absolute atomic E-state index is 0.0106. The summed E-state index contributed by atoms with van der Waals surface area (Å²) < 4.78 is 1.77. The number of carbonyl (C=O) groups is 1. The van der Waals surface area contributed by atoms with Crippen LogP contribution < -0.4 is 5.73 Å². The number of hydrogen-bond donors (Lipinski definition) is 1. The topological polar surface area (TPSA) is 60.9 Å². The maximum absolute atomic E-state index is 12.2. The van der Waals surface area contributed by atoms with E-state index in [4.69, 9.17) is 17.3 Å². The van der Waals surface area contributed by atoms with E-state index in [1.807, 2.05) is 13.8 Å². The van der Waals surface area contributed by atoms with Crippen molar-refractivity contribution in [1.82, 2.24) is 9.78 Å². The van der Waals surface area contributed by atoms with E-state index in [9.17, 15) is 4.79 Å². The molecule has 0 aliphatic heterocycles. The van der Waals surface area contributed by atoms with Gasteiger partial charge < -0.3 is 5.73 Å². The summed E-state index contributed by atoms with van der Waals surface area (Å²) in [5.74, 6) is 0.0106. The number of nitrogens with zero attached hydrogens (tertiary/aromatic N) is 2. The molecule has 1 aromatic carbocycles. The Morgan fingerprint density at radius 3 is 2.58 bits per heavy atom. The third-order valence-electron chi connectivity index (χ3n) is 3.01. The Balaban J connectivity index is 2.26. The Kier molecular flexibility index (Phi) is 3.90. The van der Waals surface area contributed by atoms with Crippen LogP contribution >= 0.6 is 11.6 Å². The van der Waals surface area contributed by atoms with Gasteiger partial charge in [-0.05, 0) is 38.1 Å². The Bertz CT molecular complexity index is 602. The molecule has 0 fully saturated rings. The van der Waals surface area contributed by atoms with Gasteiger partial charge in [0.15, 0.2) is 5.78 Å². The zero-order valence-electron chi connectivity index (χ0n) is 11.0. The van der Waals surface area contributed by atoms with Crippen LogP contribution in [0.4, 0.5) is 5.69 Å². The number of nitrogens with two attached hydrogens (primary N) is 1. The van der Waals surface area contributed by atoms with Gasteiger partial charge in [0.1, 0.15) is 0 Å². The van der Waals surface area contributed by atoms with Crippen molar-refractivity contribution in [2.75, 3.05) is 5.73 Å². The quantitative estimate of drug-likeness (QED) is 0.690. The van der Waals surface area contributed by atoms with E-state index in [0.29, 0.717) is 22.8 Å². The van der Waals surface area contributed by atoms with Crippen LogP contribution in [0.3, 0.4) is 0 Å². The van der Waals surface area contributed by atoms with Crippen molar-refractivity contribution in [3.8, 4) is 0 Å². The molecule has 0 saturated heterocycles. The van der Waals surface area contributed by atoms with Gasteiger partial charge in [-0.3, -0.25) is 9.48 Å². The summed E-state index contributed by atoms with van der Waals surface area (Å²) in [6, 6.07) is 6.89. The van der Waals surface area contributed by atoms with Crippen LogP contribution in [0.2, 0.25) is 5.02 Å². The van der Waals surface area contributed by atoms with Crippen LogP contribution in [0.5, 0.6) is 0 Å². The number of aromatic nitrogens is 2. The molecule has 0 saturated carbocycles. The lowest BCUT2D eigenvalue weighted by molar-refractivity contribution is 0.0990. The molecule has 0 amide bonds. The van der Waals surface area contributed by atoms with Crippen molar-refractivity contribution in [3.63, 3.8) is 0 Å². The van der Waals surface area contributed by atoms with Gasteiger partial charge in [-0.2, -0.15) is 5.10 Å². The van der Waals surface area contributed by atoms with Crippen LogP contribution in [0.25, 0.3) is 0 Å². The second-order valence-electron chi connectivity index (χ2n) is 4.38. The van der Waals surface area contributed by atoms with Crippen molar-refractivity contribution >= 4 is 23.1 Å². The van der Waals surface area contributed by atoms with Gasteiger partial charge >= 0.3 is 0 Å². The summed E-state index contributed by atoms with van der Waals surface area (Å²) in [6.07, 6.45) is 0.247. The fourth-order valence-electron chi connectivity index (χ4n) is 1.96. The van der Waals surface area contributed by atoms with Crippen molar-refractivity contribution < 1.29 is 4.79 Å². The number of hydrogen-bond acceptors (Lipinski definition) is 3. The maximum Gasteiger partial charge on any atom is 0.168 e. The molecule has 2 aromatic rings. The van der Waals surface area contributed by atoms with E-state index in [1.54, 1.807) is 28.9 Å². The summed E-state index contributed by atoms with van der Waals surface area (Å²) in [5.41, 5.74) is 8.40. The molecule has 0 spiro atoms. The zero-order chi connectivity index (χ0) is 14.0. The average Bonchev–Trinajstić information content (AvgIpc) is 2.67. The Morgan fingerprint density at radius 2 is 2.00 bits per heavy atom. The third-order valence-corrected chi connectivity index (χ3v) is 3.51. The summed E-state index contributed by atoms with van der Waals surface area (Å²) in [5, 5.41) is 4.88. The third kappa shape index (κ3) is 2.79. The van der Waals surface area contributed by atoms with Crippen LogP contribution in [0.15, 0.2) is 24.3 Å². The molecule has 0 aliphatic carbocycles. The first kappa shape index (κ1) is 13.6. The Hall–Kier alpha value is -1.81. The first-order chi connectivity index (χ1) is 9.02. The standard InChI is InChI=1S/C14H16ClN3O/c1-3-18-12(14(15)9(2)17-18)8-13(19)10-4-6-11(16)7-5-10/h4-7H,3,8,16H2,1-2H3. The molecule has 0 unspecified atom stereocenters. The number of aryl methyl sites for hydroxylation is 2. The molecule has 2 rings (SSSR count). The van der Waals surface area contributed by atoms with Gasteiger partial charge in [-0.25, -0.2) is 0 Å². The second-order valence-corrected chi connectivity index (χ2v) is 4.76. The highest BCUT2D eigenvalue weighted by Crippen LogP contribution is 2.22. The van der Waals surface area contributed by atoms with E-state index < -0.39 is 0 Å². The molecule has 2 N–H and O–H groups in total. The normalized spacial score (nSPS) is 10.7. The Labute approximate surface area is 117 Å². The second kappa shape index (κ2) is 5.45. The number of rotatable bonds is 4. The van der Waals surface area contributed by atoms with Crippen LogP contribution in [-0.2, 0) is 13.0 Å². The lowest BCUT2D eigenvalue weighted by atomic mass is 10.1. The van der Waals surface area contributed by atoms with Crippen molar-refractivity contribution in [1.29, 1.82) is 0 Å². The highest BCUT2D eigenvalue weighted by molar-refractivity contribution is 6.32. The van der Waals surface area contributed by atoms with Crippen molar-refractivity contribution in [2.45, 2.75) is 26.8 Å². The summed E-state index contributed by atoms with van der Waals surface area (Å²) in [7, 11) is 0. The van der Waals surface area contributed by atoms with Crippen LogP contribution in [0, 0.1) is 6.92 Å². The number of ketones is 1. The number of halogens is 1. The number of carbonyl (C=O) groups excluding carboxylic acids is 1. The van der Waals surface area contributed by atoms with E-state index in [-0.39, 0.29) is 12.2 Å². The predicted molar refractivity (Wildman–Crippen MR) is 76.5 cm³/mol. The smallest absolute Gasteiger partial charge is 0.168 e. The van der Waals surface area contributed by atoms with E-state index in [0.717, 1.165) is 11.4 Å². The fourth-order valence-corrected chi connectivity index (χ4v) is 2.16. The van der Waals surface area contributed by atoms with Crippen molar-refractivity contribution in [2.24, 2.45) is 0 Å². The summed E-state index contributed by atoms with van der Waals surface area (Å²) in [6.45, 7) is 4.50. The molecule has 100 valence electrons. The number of Topliss-reactive ketones (excluding diaryl/α,β-unsaturated/α-hetero) is 1. The maximum atomic E-state index is 12.2. The highest BCUT2D eigenvalue weighted by atomic mass is 35.5. The molecule has 0 bridgehead atoms. The largest absolute Gasteiger partial charge is 0.399 e. The molecule has 1 heterocycles. The number of nitrogen functional groups attached to an aromatic ring is 1. The predicted octanol–water partition coefficient (Wildman–Crippen LogP) is 2.87. The first-order valence-electron chi connectivity index (χ1n) is 6.13. The van der Waals surface area contributed by atoms with Gasteiger partial charge in [-0.15, -0.1) is 0 Å². The van der Waals surface area contributed by atoms with Gasteiger partial charge in [0.2, 0.25) is 0 Å². The molecule has 0 aliphatic rings. The molecular formula is C14H16ClN3O. The van der Waals surface area contributed by atoms with Gasteiger partial charge in [0.25, 0.3) is 0 Å². The monoisotopic (exact) mass is 277 g/mol. The van der Waals surface area contributed by atoms with Crippen molar-refractivity contribution in [3.05, 3.63) is 46.2 Å². The minimum Gasteiger partial charge on any atom is -0.399 e. The van der Waals surface area contributed by atoms with Gasteiger partial charge in [0, 0.05) is 17.8 Å². The molecular weight excluding hydrogens is 262 g/mol. The molecule has 0 radical (unpaired) electrons. The molecule has 19 heavy (non-hydrogen) atoms. The number of benzene rings is 1. The highest BCUT2D eigenvalue weighted by Gasteiger charge is 2.16. The van der Waals surface area contributed by atoms with Crippen LogP contribution in [-0.4, -0.2) is 15.6 Å². The molecule has 0 atom stereocenters. The van der Waals surface area contributed by atoms with Gasteiger partial charge in [0.05, 0.1) is 22.8 Å². The SMILES string of the molecule is CCn1nc(C)c(Cl)c1CC(=O)c1ccc(N)cc1. The Morgan fingerprint density at radius 1 is 1.37 bits per heavy atom. The van der Waals surface area contributed by atoms with Crippen LogP contribution in [0.1, 0.15) is 28.7 Å². The number of anilines is 1. The van der Waals surface area contributed by atoms with E-state index in [2.05, 4.69) is 5.10 Å². The van der Waals surface area contributed by atoms with E-state index >= 15 is 0 Å². The minimum atomic E-state index is 0.0106. The van der Waals surface area contributed by atoms with E-state index in [1.165, 1.54) is 0 Å². The lowest BCUT2D eigenvalue weighted by Gasteiger charge is -2.05. The zero-order valence-corrected chi connectivity index (χ0v) is 11.7. The first-order valence-corrected chi connectivity index (χ1v) is 6.51. The summed E-state index contributed by atoms with van der Waals surface area (Å²) >= 11 is 6.19. The average molecular weight is 278 g/mol. The molecule has 5 heteroatoms. The lowest BCUT2D eigenvalue weighted by Crippen LogP contribution is -2.10. The fraction of sp³-hybridized carbons (Fsp3) is 0.286. The molecule has 1 aromatic heterocycles. The molecule has 4 nitrogen and oxygen atoms in total.